The second-order valence-corrected chi connectivity index (χ2v) is 7.50. The van der Waals surface area contributed by atoms with Gasteiger partial charge in [0.25, 0.3) is 0 Å². The molecule has 0 radical (unpaired) electrons. The van der Waals surface area contributed by atoms with Crippen LogP contribution in [0.5, 0.6) is 0 Å². The summed E-state index contributed by atoms with van der Waals surface area (Å²) in [6.07, 6.45) is 4.93. The molecule has 1 heterocycles. The van der Waals surface area contributed by atoms with Crippen LogP contribution in [0, 0.1) is 5.92 Å². The molecule has 6 nitrogen and oxygen atoms in total. The predicted molar refractivity (Wildman–Crippen MR) is 79.0 cm³/mol. The summed E-state index contributed by atoms with van der Waals surface area (Å²) < 4.78 is 35.0. The van der Waals surface area contributed by atoms with Gasteiger partial charge in [0.2, 0.25) is 10.0 Å². The summed E-state index contributed by atoms with van der Waals surface area (Å²) in [6.45, 7) is 3.07. The number of nitrogens with two attached hydrogens (primary N) is 1. The van der Waals surface area contributed by atoms with Crippen molar-refractivity contribution >= 4 is 10.0 Å². The SMILES string of the molecule is COCCOCCC(N)CC1CCCN(S(C)(=O)=O)C1. The van der Waals surface area contributed by atoms with Crippen LogP contribution in [0.25, 0.3) is 0 Å². The summed E-state index contributed by atoms with van der Waals surface area (Å²) in [5.41, 5.74) is 6.09. The van der Waals surface area contributed by atoms with Crippen molar-refractivity contribution in [2.45, 2.75) is 31.7 Å². The van der Waals surface area contributed by atoms with E-state index in [9.17, 15) is 8.42 Å². The van der Waals surface area contributed by atoms with Crippen LogP contribution in [-0.4, -0.2) is 65.0 Å². The molecule has 2 unspecified atom stereocenters. The third-order valence-electron chi connectivity index (χ3n) is 3.65. The molecule has 1 aliphatic heterocycles. The lowest BCUT2D eigenvalue weighted by Gasteiger charge is -2.32. The van der Waals surface area contributed by atoms with Crippen LogP contribution in [0.3, 0.4) is 0 Å². The van der Waals surface area contributed by atoms with Crippen LogP contribution in [-0.2, 0) is 19.5 Å². The van der Waals surface area contributed by atoms with Crippen LogP contribution < -0.4 is 5.73 Å². The molecule has 1 rings (SSSR count). The van der Waals surface area contributed by atoms with Crippen LogP contribution in [0.15, 0.2) is 0 Å². The summed E-state index contributed by atoms with van der Waals surface area (Å²) in [6, 6.07) is 0.0713. The predicted octanol–water partition coefficient (Wildman–Crippen LogP) is 0.429. The lowest BCUT2D eigenvalue weighted by molar-refractivity contribution is 0.0659. The first-order chi connectivity index (χ1) is 9.43. The van der Waals surface area contributed by atoms with Gasteiger partial charge in [-0.2, -0.15) is 0 Å². The number of ether oxygens (including phenoxy) is 2. The highest BCUT2D eigenvalue weighted by atomic mass is 32.2. The van der Waals surface area contributed by atoms with Crippen LogP contribution in [0.1, 0.15) is 25.7 Å². The molecule has 20 heavy (non-hydrogen) atoms. The smallest absolute Gasteiger partial charge is 0.211 e. The van der Waals surface area contributed by atoms with Crippen molar-refractivity contribution in [2.75, 3.05) is 46.3 Å². The fraction of sp³-hybridized carbons (Fsp3) is 1.00. The quantitative estimate of drug-likeness (QED) is 0.625. The van der Waals surface area contributed by atoms with E-state index in [4.69, 9.17) is 15.2 Å². The number of nitrogens with zero attached hydrogens (tertiary/aromatic N) is 1. The van der Waals surface area contributed by atoms with E-state index in [1.54, 1.807) is 11.4 Å². The molecule has 120 valence electrons. The van der Waals surface area contributed by atoms with E-state index in [2.05, 4.69) is 0 Å². The zero-order valence-corrected chi connectivity index (χ0v) is 13.4. The molecular formula is C13H28N2O4S. The molecule has 0 amide bonds. The number of methoxy groups -OCH3 is 1. The van der Waals surface area contributed by atoms with Crippen molar-refractivity contribution in [3.05, 3.63) is 0 Å². The molecule has 0 aliphatic carbocycles. The largest absolute Gasteiger partial charge is 0.382 e. The number of piperidine rings is 1. The summed E-state index contributed by atoms with van der Waals surface area (Å²) in [7, 11) is -1.42. The second-order valence-electron chi connectivity index (χ2n) is 5.52. The fourth-order valence-electron chi connectivity index (χ4n) is 2.55. The molecule has 2 atom stereocenters. The highest BCUT2D eigenvalue weighted by molar-refractivity contribution is 7.88. The van der Waals surface area contributed by atoms with E-state index in [-0.39, 0.29) is 6.04 Å². The van der Waals surface area contributed by atoms with Crippen molar-refractivity contribution in [1.82, 2.24) is 4.31 Å². The van der Waals surface area contributed by atoms with Crippen LogP contribution in [0.2, 0.25) is 0 Å². The molecular weight excluding hydrogens is 280 g/mol. The van der Waals surface area contributed by atoms with Crippen molar-refractivity contribution < 1.29 is 17.9 Å². The lowest BCUT2D eigenvalue weighted by Crippen LogP contribution is -2.41. The minimum atomic E-state index is -3.07. The van der Waals surface area contributed by atoms with Gasteiger partial charge in [0.05, 0.1) is 19.5 Å². The van der Waals surface area contributed by atoms with Gasteiger partial charge in [-0.05, 0) is 31.6 Å². The molecule has 0 spiro atoms. The summed E-state index contributed by atoms with van der Waals surface area (Å²) in [5, 5.41) is 0. The first-order valence-corrected chi connectivity index (χ1v) is 9.05. The fourth-order valence-corrected chi connectivity index (χ4v) is 3.49. The van der Waals surface area contributed by atoms with E-state index >= 15 is 0 Å². The lowest BCUT2D eigenvalue weighted by atomic mass is 9.92. The normalized spacial score (nSPS) is 22.9. The Balaban J connectivity index is 2.22. The zero-order chi connectivity index (χ0) is 15.0. The molecule has 0 aromatic heterocycles. The standard InChI is InChI=1S/C13H28N2O4S/c1-18-8-9-19-7-5-13(14)10-12-4-3-6-15(11-12)20(2,16)17/h12-13H,3-11,14H2,1-2H3. The first kappa shape index (κ1) is 17.8. The van der Waals surface area contributed by atoms with Gasteiger partial charge in [0, 0.05) is 32.8 Å². The van der Waals surface area contributed by atoms with E-state index in [0.29, 0.717) is 38.8 Å². The Morgan fingerprint density at radius 3 is 2.75 bits per heavy atom. The molecule has 1 saturated heterocycles. The topological polar surface area (TPSA) is 81.9 Å². The summed E-state index contributed by atoms with van der Waals surface area (Å²) in [4.78, 5) is 0. The van der Waals surface area contributed by atoms with Gasteiger partial charge in [-0.15, -0.1) is 0 Å². The van der Waals surface area contributed by atoms with Crippen molar-refractivity contribution in [2.24, 2.45) is 11.7 Å². The third-order valence-corrected chi connectivity index (χ3v) is 4.92. The van der Waals surface area contributed by atoms with Gasteiger partial charge in [0.1, 0.15) is 0 Å². The average molecular weight is 308 g/mol. The van der Waals surface area contributed by atoms with Gasteiger partial charge >= 0.3 is 0 Å². The zero-order valence-electron chi connectivity index (χ0n) is 12.6. The van der Waals surface area contributed by atoms with Gasteiger partial charge in [-0.3, -0.25) is 0 Å². The van der Waals surface area contributed by atoms with Crippen LogP contribution in [0.4, 0.5) is 0 Å². The van der Waals surface area contributed by atoms with E-state index < -0.39 is 10.0 Å². The molecule has 0 aromatic carbocycles. The molecule has 0 saturated carbocycles. The highest BCUT2D eigenvalue weighted by Gasteiger charge is 2.26. The van der Waals surface area contributed by atoms with Gasteiger partial charge < -0.3 is 15.2 Å². The Kier molecular flexibility index (Phi) is 7.98. The Hall–Kier alpha value is -0.210. The highest BCUT2D eigenvalue weighted by Crippen LogP contribution is 2.22. The second kappa shape index (κ2) is 8.94. The third kappa shape index (κ3) is 6.99. The van der Waals surface area contributed by atoms with Gasteiger partial charge in [-0.25, -0.2) is 12.7 Å². The molecule has 1 aliphatic rings. The maximum absolute atomic E-state index is 11.6. The molecule has 2 N–H and O–H groups in total. The van der Waals surface area contributed by atoms with Crippen LogP contribution >= 0.6 is 0 Å². The summed E-state index contributed by atoms with van der Waals surface area (Å²) >= 11 is 0. The Morgan fingerprint density at radius 2 is 2.10 bits per heavy atom. The Morgan fingerprint density at radius 1 is 1.35 bits per heavy atom. The average Bonchev–Trinajstić information content (AvgIpc) is 2.38. The minimum absolute atomic E-state index is 0.0713. The van der Waals surface area contributed by atoms with Crippen molar-refractivity contribution in [1.29, 1.82) is 0 Å². The van der Waals surface area contributed by atoms with E-state index in [0.717, 1.165) is 25.7 Å². The Labute approximate surface area is 122 Å². The van der Waals surface area contributed by atoms with E-state index in [1.807, 2.05) is 0 Å². The number of rotatable bonds is 9. The number of sulfonamides is 1. The first-order valence-electron chi connectivity index (χ1n) is 7.21. The maximum Gasteiger partial charge on any atom is 0.211 e. The molecule has 7 heteroatoms. The summed E-state index contributed by atoms with van der Waals surface area (Å²) in [5.74, 6) is 0.368. The van der Waals surface area contributed by atoms with Gasteiger partial charge in [0.15, 0.2) is 0 Å². The molecule has 0 bridgehead atoms. The molecule has 0 aromatic rings. The van der Waals surface area contributed by atoms with E-state index in [1.165, 1.54) is 6.26 Å². The van der Waals surface area contributed by atoms with Crippen molar-refractivity contribution in [3.63, 3.8) is 0 Å². The number of hydrogen-bond acceptors (Lipinski definition) is 5. The van der Waals surface area contributed by atoms with Crippen molar-refractivity contribution in [3.8, 4) is 0 Å². The Bertz CT molecular complexity index is 361. The number of hydrogen-bond donors (Lipinski definition) is 1. The minimum Gasteiger partial charge on any atom is -0.382 e. The molecule has 1 fully saturated rings. The monoisotopic (exact) mass is 308 g/mol. The van der Waals surface area contributed by atoms with Gasteiger partial charge in [-0.1, -0.05) is 0 Å². The maximum atomic E-state index is 11.6.